The lowest BCUT2D eigenvalue weighted by molar-refractivity contribution is -0.155. The quantitative estimate of drug-likeness (QED) is 0.901. The molecule has 3 fully saturated rings. The van der Waals surface area contributed by atoms with Crippen LogP contribution in [0.1, 0.15) is 52.0 Å². The van der Waals surface area contributed by atoms with Crippen molar-refractivity contribution < 1.29 is 9.53 Å². The minimum atomic E-state index is -0.766. The number of piperidine rings is 1. The zero-order valence-electron chi connectivity index (χ0n) is 16.5. The van der Waals surface area contributed by atoms with Gasteiger partial charge in [0.05, 0.1) is 0 Å². The molecule has 0 aromatic heterocycles. The van der Waals surface area contributed by atoms with E-state index in [9.17, 15) is 4.79 Å². The molecule has 4 heteroatoms. The van der Waals surface area contributed by atoms with Crippen molar-refractivity contribution in [3.8, 4) is 0 Å². The number of nitrogens with zero attached hydrogens (tertiary/aromatic N) is 1. The van der Waals surface area contributed by atoms with E-state index in [1.165, 1.54) is 18.4 Å². The number of benzene rings is 1. The molecule has 2 heterocycles. The fourth-order valence-electron chi connectivity index (χ4n) is 5.65. The van der Waals surface area contributed by atoms with Gasteiger partial charge in [0.2, 0.25) is 0 Å². The molecule has 4 nitrogen and oxygen atoms in total. The number of hydrogen-bond acceptors (Lipinski definition) is 3. The van der Waals surface area contributed by atoms with Crippen LogP contribution in [0.5, 0.6) is 0 Å². The van der Waals surface area contributed by atoms with Gasteiger partial charge in [-0.1, -0.05) is 37.3 Å². The van der Waals surface area contributed by atoms with Gasteiger partial charge in [-0.15, -0.1) is 0 Å². The highest BCUT2D eigenvalue weighted by molar-refractivity contribution is 5.85. The molecule has 26 heavy (non-hydrogen) atoms. The Kier molecular flexibility index (Phi) is 4.39. The standard InChI is InChI=1S/C22H32N2O2/c1-21(2,26-4)20(25)24-17-14-22(3)18(11-8-12-19(22)24)23-16(17)13-15-9-6-5-7-10-15/h5-7,9-10,16-19,23H,8,11-14H2,1-4H3/t16-,17+,18-,19+,22-/m1/s1. The Labute approximate surface area is 157 Å². The second-order valence-electron chi connectivity index (χ2n) is 9.17. The lowest BCUT2D eigenvalue weighted by Crippen LogP contribution is -2.59. The molecule has 1 aromatic rings. The molecule has 142 valence electrons. The van der Waals surface area contributed by atoms with Crippen molar-refractivity contribution in [3.63, 3.8) is 0 Å². The maximum Gasteiger partial charge on any atom is 0.254 e. The van der Waals surface area contributed by atoms with Crippen molar-refractivity contribution in [1.29, 1.82) is 0 Å². The van der Waals surface area contributed by atoms with Crippen LogP contribution < -0.4 is 5.32 Å². The summed E-state index contributed by atoms with van der Waals surface area (Å²) in [6.45, 7) is 6.20. The average molecular weight is 357 g/mol. The average Bonchev–Trinajstić information content (AvgIpc) is 2.94. The molecule has 5 atom stereocenters. The number of rotatable bonds is 4. The van der Waals surface area contributed by atoms with E-state index >= 15 is 0 Å². The molecule has 1 aromatic carbocycles. The second-order valence-corrected chi connectivity index (χ2v) is 9.17. The van der Waals surface area contributed by atoms with Crippen molar-refractivity contribution in [1.82, 2.24) is 10.2 Å². The lowest BCUT2D eigenvalue weighted by atomic mass is 9.65. The number of hydrogen-bond donors (Lipinski definition) is 1. The van der Waals surface area contributed by atoms with E-state index in [1.807, 2.05) is 13.8 Å². The summed E-state index contributed by atoms with van der Waals surface area (Å²) in [5.74, 6) is 0.154. The summed E-state index contributed by atoms with van der Waals surface area (Å²) in [7, 11) is 1.64. The Morgan fingerprint density at radius 1 is 1.31 bits per heavy atom. The molecule has 0 radical (unpaired) electrons. The predicted octanol–water partition coefficient (Wildman–Crippen LogP) is 3.15. The minimum Gasteiger partial charge on any atom is -0.369 e. The third-order valence-electron chi connectivity index (χ3n) is 7.31. The van der Waals surface area contributed by atoms with Gasteiger partial charge >= 0.3 is 0 Å². The molecule has 0 unspecified atom stereocenters. The normalized spacial score (nSPS) is 36.2. The van der Waals surface area contributed by atoms with Crippen LogP contribution in [-0.2, 0) is 16.0 Å². The molecular weight excluding hydrogens is 324 g/mol. The minimum absolute atomic E-state index is 0.154. The molecule has 2 saturated heterocycles. The smallest absolute Gasteiger partial charge is 0.254 e. The summed E-state index contributed by atoms with van der Waals surface area (Å²) in [6, 6.07) is 12.1. The SMILES string of the molecule is COC(C)(C)C(=O)N1[C@H]2CCC[C@H]3N[C@H](Cc4ccccc4)[C@@H]1C[C@@]23C. The van der Waals surface area contributed by atoms with Crippen molar-refractivity contribution in [2.75, 3.05) is 7.11 Å². The Bertz CT molecular complexity index is 674. The molecule has 2 aliphatic heterocycles. The van der Waals surface area contributed by atoms with Gasteiger partial charge in [0.25, 0.3) is 5.91 Å². The van der Waals surface area contributed by atoms with Gasteiger partial charge in [-0.25, -0.2) is 0 Å². The molecule has 3 aliphatic rings. The second kappa shape index (κ2) is 6.35. The fourth-order valence-corrected chi connectivity index (χ4v) is 5.65. The molecule has 1 saturated carbocycles. The lowest BCUT2D eigenvalue weighted by Gasteiger charge is -2.47. The number of carbonyl (C=O) groups excluding carboxylic acids is 1. The van der Waals surface area contributed by atoms with E-state index in [0.29, 0.717) is 18.1 Å². The summed E-state index contributed by atoms with van der Waals surface area (Å²) in [4.78, 5) is 15.7. The summed E-state index contributed by atoms with van der Waals surface area (Å²) in [5, 5.41) is 3.96. The highest BCUT2D eigenvalue weighted by Crippen LogP contribution is 2.53. The van der Waals surface area contributed by atoms with Gasteiger partial charge in [0, 0.05) is 36.7 Å². The van der Waals surface area contributed by atoms with Gasteiger partial charge in [0.15, 0.2) is 0 Å². The van der Waals surface area contributed by atoms with Crippen LogP contribution in [0, 0.1) is 5.41 Å². The number of carbonyl (C=O) groups is 1. The van der Waals surface area contributed by atoms with Gasteiger partial charge in [-0.3, -0.25) is 4.79 Å². The monoisotopic (exact) mass is 356 g/mol. The maximum atomic E-state index is 13.5. The van der Waals surface area contributed by atoms with E-state index in [1.54, 1.807) is 7.11 Å². The van der Waals surface area contributed by atoms with Crippen LogP contribution in [0.3, 0.4) is 0 Å². The zero-order chi connectivity index (χ0) is 18.5. The van der Waals surface area contributed by atoms with Crippen LogP contribution in [-0.4, -0.2) is 47.7 Å². The Hall–Kier alpha value is -1.39. The Morgan fingerprint density at radius 2 is 2.04 bits per heavy atom. The van der Waals surface area contributed by atoms with Gasteiger partial charge in [-0.05, 0) is 51.5 Å². The van der Waals surface area contributed by atoms with E-state index < -0.39 is 5.60 Å². The maximum absolute atomic E-state index is 13.5. The molecule has 1 aliphatic carbocycles. The van der Waals surface area contributed by atoms with Crippen molar-refractivity contribution in [2.45, 2.75) is 82.6 Å². The van der Waals surface area contributed by atoms with Gasteiger partial charge in [-0.2, -0.15) is 0 Å². The van der Waals surface area contributed by atoms with Crippen molar-refractivity contribution in [2.24, 2.45) is 5.41 Å². The first-order valence-electron chi connectivity index (χ1n) is 10.0. The van der Waals surface area contributed by atoms with Crippen LogP contribution in [0.4, 0.5) is 0 Å². The van der Waals surface area contributed by atoms with Crippen molar-refractivity contribution in [3.05, 3.63) is 35.9 Å². The first-order chi connectivity index (χ1) is 12.4. The number of likely N-dealkylation sites (tertiary alicyclic amines) is 1. The summed E-state index contributed by atoms with van der Waals surface area (Å²) >= 11 is 0. The fraction of sp³-hybridized carbons (Fsp3) is 0.682. The number of nitrogens with one attached hydrogen (secondary N) is 1. The molecule has 1 amide bonds. The molecule has 2 bridgehead atoms. The highest BCUT2D eigenvalue weighted by atomic mass is 16.5. The zero-order valence-corrected chi connectivity index (χ0v) is 16.5. The first kappa shape index (κ1) is 18.0. The van der Waals surface area contributed by atoms with E-state index in [-0.39, 0.29) is 17.4 Å². The van der Waals surface area contributed by atoms with Gasteiger partial charge in [0.1, 0.15) is 5.60 Å². The molecule has 1 N–H and O–H groups in total. The molecule has 4 rings (SSSR count). The number of ether oxygens (including phenoxy) is 1. The first-order valence-corrected chi connectivity index (χ1v) is 10.0. The van der Waals surface area contributed by atoms with E-state index in [4.69, 9.17) is 4.74 Å². The molecule has 0 spiro atoms. The predicted molar refractivity (Wildman–Crippen MR) is 103 cm³/mol. The van der Waals surface area contributed by atoms with E-state index in [2.05, 4.69) is 47.5 Å². The number of fused-ring (bicyclic) bond motifs is 1. The summed E-state index contributed by atoms with van der Waals surface area (Å²) < 4.78 is 5.57. The van der Waals surface area contributed by atoms with Gasteiger partial charge < -0.3 is 15.0 Å². The summed E-state index contributed by atoms with van der Waals surface area (Å²) in [5.41, 5.74) is 0.765. The Balaban J connectivity index is 1.68. The summed E-state index contributed by atoms with van der Waals surface area (Å²) in [6.07, 6.45) is 5.62. The Morgan fingerprint density at radius 3 is 2.73 bits per heavy atom. The number of amides is 1. The van der Waals surface area contributed by atoms with Crippen LogP contribution in [0.25, 0.3) is 0 Å². The van der Waals surface area contributed by atoms with Crippen molar-refractivity contribution >= 4 is 5.91 Å². The third kappa shape index (κ3) is 2.69. The van der Waals surface area contributed by atoms with E-state index in [0.717, 1.165) is 19.3 Å². The number of methoxy groups -OCH3 is 1. The van der Waals surface area contributed by atoms with Crippen LogP contribution in [0.15, 0.2) is 30.3 Å². The largest absolute Gasteiger partial charge is 0.369 e. The van der Waals surface area contributed by atoms with Crippen LogP contribution >= 0.6 is 0 Å². The third-order valence-corrected chi connectivity index (χ3v) is 7.31. The van der Waals surface area contributed by atoms with Crippen LogP contribution in [0.2, 0.25) is 0 Å². The molecular formula is C22H32N2O2. The highest BCUT2D eigenvalue weighted by Gasteiger charge is 2.62. The topological polar surface area (TPSA) is 41.6 Å².